The maximum absolute atomic E-state index is 5.89. The van der Waals surface area contributed by atoms with Gasteiger partial charge in [-0.1, -0.05) is 46.4 Å². The van der Waals surface area contributed by atoms with E-state index >= 15 is 0 Å². The molecule has 0 bridgehead atoms. The van der Waals surface area contributed by atoms with Gasteiger partial charge in [-0.15, -0.1) is 0 Å². The van der Waals surface area contributed by atoms with E-state index in [9.17, 15) is 0 Å². The number of hydrogen-bond donors (Lipinski definition) is 0. The van der Waals surface area contributed by atoms with Crippen LogP contribution in [-0.2, 0) is 0 Å². The molecule has 0 saturated carbocycles. The van der Waals surface area contributed by atoms with Gasteiger partial charge in [0.25, 0.3) is 0 Å². The van der Waals surface area contributed by atoms with Crippen molar-refractivity contribution in [2.75, 3.05) is 0 Å². The van der Waals surface area contributed by atoms with Crippen LogP contribution in [-0.4, -0.2) is 0 Å². The summed E-state index contributed by atoms with van der Waals surface area (Å²) in [6.45, 7) is 3.56. The van der Waals surface area contributed by atoms with Crippen molar-refractivity contribution in [3.8, 4) is 0 Å². The Bertz CT molecular complexity index is 225. The highest BCUT2D eigenvalue weighted by atomic mass is 35.5. The van der Waals surface area contributed by atoms with Gasteiger partial charge in [0.2, 0.25) is 0 Å². The fourth-order valence-corrected chi connectivity index (χ4v) is 1.89. The minimum atomic E-state index is 0.476. The van der Waals surface area contributed by atoms with Gasteiger partial charge in [0, 0.05) is 0 Å². The second kappa shape index (κ2) is 3.63. The van der Waals surface area contributed by atoms with Gasteiger partial charge in [0.15, 0.2) is 0 Å². The molecule has 0 radical (unpaired) electrons. The lowest BCUT2D eigenvalue weighted by atomic mass is 10.2. The molecular weight excluding hydrogens is 238 g/mol. The monoisotopic (exact) mass is 242 g/mol. The molecule has 1 rings (SSSR count). The summed E-state index contributed by atoms with van der Waals surface area (Å²) in [5.74, 6) is 0. The topological polar surface area (TPSA) is 0 Å². The Morgan fingerprint density at radius 3 is 0.917 bits per heavy atom. The van der Waals surface area contributed by atoms with Crippen LogP contribution in [0.1, 0.15) is 11.1 Å². The first-order valence-electron chi connectivity index (χ1n) is 3.26. The van der Waals surface area contributed by atoms with Crippen LogP contribution in [0.4, 0.5) is 0 Å². The predicted octanol–water partition coefficient (Wildman–Crippen LogP) is 4.92. The first-order chi connectivity index (χ1) is 5.46. The number of halogens is 4. The van der Waals surface area contributed by atoms with E-state index in [-0.39, 0.29) is 0 Å². The van der Waals surface area contributed by atoms with Crippen LogP contribution in [0.2, 0.25) is 20.1 Å². The fraction of sp³-hybridized carbons (Fsp3) is 0.250. The van der Waals surface area contributed by atoms with Crippen molar-refractivity contribution in [2.24, 2.45) is 0 Å². The molecule has 0 unspecified atom stereocenters. The SMILES string of the molecule is Cc1c(Cl)c(Cl)c(C)c(Cl)c1Cl. The van der Waals surface area contributed by atoms with E-state index in [2.05, 4.69) is 0 Å². The van der Waals surface area contributed by atoms with Gasteiger partial charge in [-0.25, -0.2) is 0 Å². The molecule has 0 aliphatic heterocycles. The highest BCUT2D eigenvalue weighted by molar-refractivity contribution is 6.48. The lowest BCUT2D eigenvalue weighted by molar-refractivity contribution is 1.40. The zero-order valence-electron chi connectivity index (χ0n) is 6.51. The Balaban J connectivity index is 3.60. The molecular formula is C8H6Cl4. The fourth-order valence-electron chi connectivity index (χ4n) is 0.851. The third-order valence-electron chi connectivity index (χ3n) is 1.70. The zero-order chi connectivity index (χ0) is 9.46. The summed E-state index contributed by atoms with van der Waals surface area (Å²) < 4.78 is 0. The lowest BCUT2D eigenvalue weighted by Crippen LogP contribution is -1.86. The van der Waals surface area contributed by atoms with Crippen LogP contribution in [0.3, 0.4) is 0 Å². The van der Waals surface area contributed by atoms with Gasteiger partial charge in [-0.05, 0) is 25.0 Å². The maximum atomic E-state index is 5.89. The summed E-state index contributed by atoms with van der Waals surface area (Å²) in [6, 6.07) is 0. The van der Waals surface area contributed by atoms with Gasteiger partial charge < -0.3 is 0 Å². The molecule has 66 valence electrons. The molecule has 0 nitrogen and oxygen atoms in total. The highest BCUT2D eigenvalue weighted by Gasteiger charge is 2.14. The Morgan fingerprint density at radius 2 is 0.750 bits per heavy atom. The molecule has 1 aromatic carbocycles. The normalized spacial score (nSPS) is 10.5. The summed E-state index contributed by atoms with van der Waals surface area (Å²) in [7, 11) is 0. The summed E-state index contributed by atoms with van der Waals surface area (Å²) in [5.41, 5.74) is 1.44. The van der Waals surface area contributed by atoms with Crippen LogP contribution in [0, 0.1) is 13.8 Å². The quantitative estimate of drug-likeness (QED) is 0.568. The molecule has 0 fully saturated rings. The van der Waals surface area contributed by atoms with E-state index < -0.39 is 0 Å². The molecule has 12 heavy (non-hydrogen) atoms. The molecule has 1 aromatic rings. The average molecular weight is 244 g/mol. The smallest absolute Gasteiger partial charge is 0.0640 e. The van der Waals surface area contributed by atoms with Gasteiger partial charge in [-0.3, -0.25) is 0 Å². The minimum Gasteiger partial charge on any atom is -0.0824 e. The summed E-state index contributed by atoms with van der Waals surface area (Å²) in [4.78, 5) is 0. The molecule has 0 aliphatic rings. The van der Waals surface area contributed by atoms with Crippen molar-refractivity contribution in [2.45, 2.75) is 13.8 Å². The van der Waals surface area contributed by atoms with Gasteiger partial charge in [-0.2, -0.15) is 0 Å². The summed E-state index contributed by atoms with van der Waals surface area (Å²) in [5, 5.41) is 1.90. The van der Waals surface area contributed by atoms with Gasteiger partial charge in [0.1, 0.15) is 0 Å². The molecule has 0 spiro atoms. The van der Waals surface area contributed by atoms with Crippen molar-refractivity contribution in [3.05, 3.63) is 31.2 Å². The van der Waals surface area contributed by atoms with Crippen molar-refractivity contribution in [3.63, 3.8) is 0 Å². The van der Waals surface area contributed by atoms with E-state index in [1.54, 1.807) is 13.8 Å². The van der Waals surface area contributed by atoms with Crippen molar-refractivity contribution >= 4 is 46.4 Å². The molecule has 0 amide bonds. The van der Waals surface area contributed by atoms with Gasteiger partial charge in [0.05, 0.1) is 20.1 Å². The van der Waals surface area contributed by atoms with Crippen molar-refractivity contribution in [1.82, 2.24) is 0 Å². The first kappa shape index (κ1) is 10.5. The van der Waals surface area contributed by atoms with Crippen molar-refractivity contribution < 1.29 is 0 Å². The molecule has 0 N–H and O–H groups in total. The van der Waals surface area contributed by atoms with Gasteiger partial charge >= 0.3 is 0 Å². The summed E-state index contributed by atoms with van der Waals surface area (Å²) >= 11 is 23.5. The second-order valence-electron chi connectivity index (χ2n) is 2.51. The average Bonchev–Trinajstić information content (AvgIpc) is 2.08. The Morgan fingerprint density at radius 1 is 0.583 bits per heavy atom. The molecule has 4 heteroatoms. The largest absolute Gasteiger partial charge is 0.0824 e. The standard InChI is InChI=1S/C8H6Cl4/c1-3-5(9)7(11)4(2)8(12)6(3)10/h1-2H3. The Labute approximate surface area is 91.4 Å². The summed E-state index contributed by atoms with van der Waals surface area (Å²) in [6.07, 6.45) is 0. The first-order valence-corrected chi connectivity index (χ1v) is 4.77. The number of hydrogen-bond acceptors (Lipinski definition) is 0. The number of benzene rings is 1. The zero-order valence-corrected chi connectivity index (χ0v) is 9.54. The third kappa shape index (κ3) is 1.54. The van der Waals surface area contributed by atoms with Crippen LogP contribution in [0.15, 0.2) is 0 Å². The van der Waals surface area contributed by atoms with E-state index in [0.717, 1.165) is 11.1 Å². The predicted molar refractivity (Wildman–Crippen MR) is 56.0 cm³/mol. The number of rotatable bonds is 0. The van der Waals surface area contributed by atoms with E-state index in [0.29, 0.717) is 20.1 Å². The Kier molecular flexibility index (Phi) is 3.16. The van der Waals surface area contributed by atoms with Crippen LogP contribution in [0.25, 0.3) is 0 Å². The van der Waals surface area contributed by atoms with E-state index in [1.165, 1.54) is 0 Å². The third-order valence-corrected chi connectivity index (χ3v) is 3.79. The highest BCUT2D eigenvalue weighted by Crippen LogP contribution is 2.39. The van der Waals surface area contributed by atoms with Crippen LogP contribution < -0.4 is 0 Å². The molecule has 0 aromatic heterocycles. The Hall–Kier alpha value is 0.380. The molecule has 0 heterocycles. The lowest BCUT2D eigenvalue weighted by Gasteiger charge is -2.09. The molecule has 0 saturated heterocycles. The molecule has 0 atom stereocenters. The minimum absolute atomic E-state index is 0.476. The van der Waals surface area contributed by atoms with Crippen LogP contribution in [0.5, 0.6) is 0 Å². The van der Waals surface area contributed by atoms with E-state index in [1.807, 2.05) is 0 Å². The van der Waals surface area contributed by atoms with Crippen molar-refractivity contribution in [1.29, 1.82) is 0 Å². The van der Waals surface area contributed by atoms with E-state index in [4.69, 9.17) is 46.4 Å². The molecule has 0 aliphatic carbocycles. The second-order valence-corrected chi connectivity index (χ2v) is 4.02. The maximum Gasteiger partial charge on any atom is 0.0640 e. The van der Waals surface area contributed by atoms with Crippen LogP contribution >= 0.6 is 46.4 Å².